The van der Waals surface area contributed by atoms with Crippen molar-refractivity contribution in [2.24, 2.45) is 0 Å². The van der Waals surface area contributed by atoms with Crippen molar-refractivity contribution >= 4 is 43.3 Å². The van der Waals surface area contributed by atoms with Crippen LogP contribution in [0, 0.1) is 0 Å². The van der Waals surface area contributed by atoms with Gasteiger partial charge in [0.05, 0.1) is 15.2 Å². The fourth-order valence-corrected chi connectivity index (χ4v) is 7.88. The van der Waals surface area contributed by atoms with E-state index < -0.39 is 37.0 Å². The molecule has 11 nitrogen and oxygen atoms in total. The van der Waals surface area contributed by atoms with E-state index in [-0.39, 0.29) is 16.2 Å². The Balaban J connectivity index is 1.62. The van der Waals surface area contributed by atoms with Crippen LogP contribution in [0.5, 0.6) is 0 Å². The van der Waals surface area contributed by atoms with Crippen LogP contribution in [-0.2, 0) is 40.6 Å². The Morgan fingerprint density at radius 1 is 0.880 bits per heavy atom. The number of unbranched alkanes of at least 4 members (excludes halogenated alkanes) is 2. The minimum Gasteiger partial charge on any atom is -0.481 e. The van der Waals surface area contributed by atoms with Crippen LogP contribution < -0.4 is 4.90 Å². The largest absolute Gasteiger partial charge is 0.481 e. The molecule has 0 fully saturated rings. The van der Waals surface area contributed by atoms with Crippen LogP contribution in [0.4, 0.5) is 11.4 Å². The number of methoxy groups -OCH3 is 1. The number of allylic oxidation sites excluding steroid dienone is 8. The van der Waals surface area contributed by atoms with Crippen LogP contribution in [0.2, 0.25) is 0 Å². The third-order valence-corrected chi connectivity index (χ3v) is 11.2. The molecular formula is C37H47N2O9S2+. The van der Waals surface area contributed by atoms with Gasteiger partial charge in [-0.15, -0.1) is 0 Å². The van der Waals surface area contributed by atoms with Crippen LogP contribution in [-0.4, -0.2) is 74.1 Å². The molecule has 3 N–H and O–H groups in total. The molecule has 0 spiro atoms. The fourth-order valence-electron chi connectivity index (χ4n) is 6.87. The van der Waals surface area contributed by atoms with Crippen molar-refractivity contribution in [2.75, 3.05) is 31.7 Å². The highest BCUT2D eigenvalue weighted by Gasteiger charge is 2.48. The van der Waals surface area contributed by atoms with Crippen molar-refractivity contribution in [3.63, 3.8) is 0 Å². The van der Waals surface area contributed by atoms with Gasteiger partial charge < -0.3 is 14.7 Å². The molecule has 2 heterocycles. The molecule has 2 aliphatic rings. The summed E-state index contributed by atoms with van der Waals surface area (Å²) in [6.07, 6.45) is 16.1. The second kappa shape index (κ2) is 15.6. The first-order chi connectivity index (χ1) is 23.5. The maximum Gasteiger partial charge on any atom is 0.303 e. The lowest BCUT2D eigenvalue weighted by Gasteiger charge is -2.25. The summed E-state index contributed by atoms with van der Waals surface area (Å²) in [4.78, 5) is 12.8. The average Bonchev–Trinajstić information content (AvgIpc) is 3.40. The summed E-state index contributed by atoms with van der Waals surface area (Å²) in [6, 6.07) is 9.30. The maximum atomic E-state index is 12.1. The number of hydrogen-bond donors (Lipinski definition) is 3. The Bertz CT molecular complexity index is 1990. The molecule has 1 atom stereocenters. The van der Waals surface area contributed by atoms with Gasteiger partial charge in [-0.2, -0.15) is 21.4 Å². The van der Waals surface area contributed by atoms with Crippen LogP contribution in [0.1, 0.15) is 70.9 Å². The van der Waals surface area contributed by atoms with E-state index in [0.717, 1.165) is 40.3 Å². The van der Waals surface area contributed by atoms with Gasteiger partial charge in [-0.3, -0.25) is 13.9 Å². The maximum absolute atomic E-state index is 12.1. The van der Waals surface area contributed by atoms with E-state index in [1.54, 1.807) is 19.2 Å². The molecule has 270 valence electrons. The molecule has 0 bridgehead atoms. The summed E-state index contributed by atoms with van der Waals surface area (Å²) in [5, 5.41) is 9.04. The highest BCUT2D eigenvalue weighted by atomic mass is 32.2. The second-order valence-electron chi connectivity index (χ2n) is 13.2. The first-order valence-corrected chi connectivity index (χ1v) is 19.4. The first kappa shape index (κ1) is 38.9. The number of likely N-dealkylation sites (N-methyl/N-ethyl adjacent to an activating group) is 1. The topological polar surface area (TPSA) is 162 Å². The first-order valence-electron chi connectivity index (χ1n) is 16.6. The van der Waals surface area contributed by atoms with Crippen molar-refractivity contribution in [2.45, 2.75) is 80.4 Å². The molecule has 4 rings (SSSR count). The van der Waals surface area contributed by atoms with Crippen molar-refractivity contribution < 1.29 is 45.2 Å². The molecule has 0 radical (unpaired) electrons. The molecule has 2 aromatic rings. The standard InChI is InChI=1S/C37H46N2O9S2/c1-6-38-31-20-18-27(49(42,43)44)25-29(31)36(2,3)33(38)15-11-8-7-9-12-16-34-37(4,22-24-48-5)30-26-28(50(45,46)47)19-21-32(30)39(34)23-14-10-13-17-35(40)41/h7-9,11-12,15-16,18-21,25-26H,6,10,13-14,17,22-24H2,1-5H3,(H2-,40,41,42,43,44,45,46,47)/p+1. The van der Waals surface area contributed by atoms with Gasteiger partial charge in [-0.05, 0) is 75.1 Å². The van der Waals surface area contributed by atoms with Crippen molar-refractivity contribution in [1.29, 1.82) is 0 Å². The SMILES string of the molecule is CCN1/C(=C/C=C/C=C/C=C/C2=[N+](CCCCCC(=O)O)c3ccc(S(=O)(=O)O)cc3C2(C)CCOC)C(C)(C)c2cc(S(=O)(=O)O)ccc21. The second-order valence-corrected chi connectivity index (χ2v) is 16.0. The minimum atomic E-state index is -4.43. The van der Waals surface area contributed by atoms with Crippen LogP contribution >= 0.6 is 0 Å². The molecule has 0 saturated heterocycles. The van der Waals surface area contributed by atoms with Gasteiger partial charge >= 0.3 is 5.97 Å². The Kier molecular flexibility index (Phi) is 12.1. The lowest BCUT2D eigenvalue weighted by atomic mass is 9.76. The van der Waals surface area contributed by atoms with E-state index in [1.807, 2.05) is 70.2 Å². The van der Waals surface area contributed by atoms with E-state index in [2.05, 4.69) is 9.48 Å². The lowest BCUT2D eigenvalue weighted by molar-refractivity contribution is -0.438. The minimum absolute atomic E-state index is 0.0984. The lowest BCUT2D eigenvalue weighted by Crippen LogP contribution is -2.33. The summed E-state index contributed by atoms with van der Waals surface area (Å²) < 4.78 is 74.7. The van der Waals surface area contributed by atoms with Crippen molar-refractivity contribution in [3.8, 4) is 0 Å². The average molecular weight is 728 g/mol. The Morgan fingerprint density at radius 3 is 2.12 bits per heavy atom. The molecule has 0 aromatic heterocycles. The monoisotopic (exact) mass is 727 g/mol. The van der Waals surface area contributed by atoms with E-state index in [1.165, 1.54) is 24.3 Å². The number of fused-ring (bicyclic) bond motifs is 2. The molecule has 50 heavy (non-hydrogen) atoms. The van der Waals surface area contributed by atoms with Crippen LogP contribution in [0.15, 0.2) is 94.4 Å². The van der Waals surface area contributed by atoms with E-state index >= 15 is 0 Å². The van der Waals surface area contributed by atoms with Gasteiger partial charge in [0.2, 0.25) is 5.69 Å². The van der Waals surface area contributed by atoms with Gasteiger partial charge in [-0.1, -0.05) is 44.2 Å². The zero-order valence-corrected chi connectivity index (χ0v) is 30.8. The highest BCUT2D eigenvalue weighted by Crippen LogP contribution is 2.48. The predicted octanol–water partition coefficient (Wildman–Crippen LogP) is 6.59. The number of carboxylic acid groups (broad SMARTS) is 1. The Morgan fingerprint density at radius 2 is 1.50 bits per heavy atom. The molecule has 1 unspecified atom stereocenters. The molecule has 0 saturated carbocycles. The van der Waals surface area contributed by atoms with E-state index in [4.69, 9.17) is 9.84 Å². The number of aliphatic carboxylic acids is 1. The Labute approximate surface area is 295 Å². The number of carboxylic acids is 1. The van der Waals surface area contributed by atoms with Gasteiger partial charge in [-0.25, -0.2) is 0 Å². The summed E-state index contributed by atoms with van der Waals surface area (Å²) in [6.45, 7) is 9.75. The van der Waals surface area contributed by atoms with Gasteiger partial charge in [0.25, 0.3) is 20.2 Å². The predicted molar refractivity (Wildman–Crippen MR) is 194 cm³/mol. The normalized spacial score (nSPS) is 19.8. The number of rotatable bonds is 16. The summed E-state index contributed by atoms with van der Waals surface area (Å²) in [5.41, 5.74) is 4.06. The number of nitrogens with zero attached hydrogens (tertiary/aromatic N) is 2. The quantitative estimate of drug-likeness (QED) is 0.0745. The summed E-state index contributed by atoms with van der Waals surface area (Å²) in [5.74, 6) is -0.831. The number of anilines is 1. The van der Waals surface area contributed by atoms with Gasteiger partial charge in [0.1, 0.15) is 6.54 Å². The number of ether oxygens (including phenoxy) is 1. The highest BCUT2D eigenvalue weighted by molar-refractivity contribution is 7.86. The molecule has 0 amide bonds. The number of hydrogen-bond acceptors (Lipinski definition) is 7. The molecule has 2 aliphatic heterocycles. The molecule has 2 aromatic carbocycles. The molecular weight excluding hydrogens is 681 g/mol. The zero-order chi connectivity index (χ0) is 36.9. The molecule has 13 heteroatoms. The smallest absolute Gasteiger partial charge is 0.303 e. The van der Waals surface area contributed by atoms with E-state index in [9.17, 15) is 30.7 Å². The summed E-state index contributed by atoms with van der Waals surface area (Å²) >= 11 is 0. The Hall–Kier alpha value is -3.88. The van der Waals surface area contributed by atoms with Crippen molar-refractivity contribution in [3.05, 3.63) is 95.8 Å². The van der Waals surface area contributed by atoms with Gasteiger partial charge in [0, 0.05) is 67.6 Å². The van der Waals surface area contributed by atoms with Crippen molar-refractivity contribution in [1.82, 2.24) is 0 Å². The number of benzene rings is 2. The third kappa shape index (κ3) is 8.35. The van der Waals surface area contributed by atoms with Crippen LogP contribution in [0.25, 0.3) is 0 Å². The third-order valence-electron chi connectivity index (χ3n) is 9.52. The van der Waals surface area contributed by atoms with Gasteiger partial charge in [0.15, 0.2) is 5.71 Å². The summed E-state index contributed by atoms with van der Waals surface area (Å²) in [7, 11) is -7.15. The fraction of sp³-hybridized carbons (Fsp3) is 0.405. The zero-order valence-electron chi connectivity index (χ0n) is 29.2. The van der Waals surface area contributed by atoms with E-state index in [0.29, 0.717) is 39.0 Å². The number of carbonyl (C=O) groups is 1. The molecule has 0 aliphatic carbocycles. The van der Waals surface area contributed by atoms with Crippen LogP contribution in [0.3, 0.4) is 0 Å².